The molecule has 0 spiro atoms. The molecule has 0 saturated carbocycles. The van der Waals surface area contributed by atoms with E-state index in [2.05, 4.69) is 5.32 Å². The van der Waals surface area contributed by atoms with Crippen LogP contribution in [0.3, 0.4) is 0 Å². The van der Waals surface area contributed by atoms with Crippen molar-refractivity contribution in [1.29, 1.82) is 0 Å². The minimum absolute atomic E-state index is 0.150. The maximum Gasteiger partial charge on any atom is 0.325 e. The van der Waals surface area contributed by atoms with E-state index in [9.17, 15) is 24.0 Å². The second-order valence-corrected chi connectivity index (χ2v) is 8.57. The topological polar surface area (TPSA) is 130 Å². The summed E-state index contributed by atoms with van der Waals surface area (Å²) in [7, 11) is 1.50. The molecule has 2 N–H and O–H groups in total. The molecule has 0 aromatic heterocycles. The number of ketones is 1. The Bertz CT molecular complexity index is 933. The fourth-order valence-corrected chi connectivity index (χ4v) is 3.92. The van der Waals surface area contributed by atoms with Crippen LogP contribution in [0.2, 0.25) is 5.02 Å². The van der Waals surface area contributed by atoms with Gasteiger partial charge in [0, 0.05) is 29.7 Å². The van der Waals surface area contributed by atoms with Gasteiger partial charge in [-0.2, -0.15) is 0 Å². The summed E-state index contributed by atoms with van der Waals surface area (Å²) in [4.78, 5) is 62.8. The number of rotatable bonds is 9. The quantitative estimate of drug-likeness (QED) is 0.554. The Morgan fingerprint density at radius 2 is 2.00 bits per heavy atom. The summed E-state index contributed by atoms with van der Waals surface area (Å²) in [5, 5.41) is 11.8. The van der Waals surface area contributed by atoms with E-state index < -0.39 is 41.6 Å². The number of nitrogens with one attached hydrogen (secondary N) is 1. The number of carboxylic acids is 1. The minimum Gasteiger partial charge on any atom is -0.496 e. The SMILES string of the molecule is CC[C@@H](CC(=O)N1CC(=O)CCC(Cc2cc(Cl)ccc2OC)C1=O)C(=O)N[C@H](C)C(=O)O. The maximum atomic E-state index is 13.2. The molecule has 3 amide bonds. The highest BCUT2D eigenvalue weighted by molar-refractivity contribution is 6.30. The molecule has 1 heterocycles. The fourth-order valence-electron chi connectivity index (χ4n) is 3.72. The van der Waals surface area contributed by atoms with E-state index in [1.807, 2.05) is 0 Å². The first-order valence-electron chi connectivity index (χ1n) is 10.8. The van der Waals surface area contributed by atoms with Crippen LogP contribution in [-0.4, -0.2) is 59.2 Å². The number of halogens is 1. The van der Waals surface area contributed by atoms with E-state index in [0.29, 0.717) is 16.3 Å². The lowest BCUT2D eigenvalue weighted by atomic mass is 9.93. The zero-order valence-corrected chi connectivity index (χ0v) is 19.7. The Balaban J connectivity index is 2.18. The Kier molecular flexibility index (Phi) is 9.40. The second kappa shape index (κ2) is 11.8. The Hall–Kier alpha value is -2.94. The molecule has 0 aliphatic carbocycles. The number of carbonyl (C=O) groups is 5. The molecule has 1 aliphatic rings. The molecule has 180 valence electrons. The van der Waals surface area contributed by atoms with Crippen molar-refractivity contribution in [3.8, 4) is 5.75 Å². The first-order chi connectivity index (χ1) is 15.6. The molecule has 1 aromatic carbocycles. The van der Waals surface area contributed by atoms with E-state index in [0.717, 1.165) is 4.90 Å². The molecule has 1 aliphatic heterocycles. The van der Waals surface area contributed by atoms with Crippen LogP contribution in [0, 0.1) is 11.8 Å². The Morgan fingerprint density at radius 3 is 2.61 bits per heavy atom. The van der Waals surface area contributed by atoms with E-state index in [1.165, 1.54) is 14.0 Å². The maximum absolute atomic E-state index is 13.2. The highest BCUT2D eigenvalue weighted by atomic mass is 35.5. The number of likely N-dealkylation sites (tertiary alicyclic amines) is 1. The van der Waals surface area contributed by atoms with Gasteiger partial charge in [0.1, 0.15) is 11.8 Å². The predicted octanol–water partition coefficient (Wildman–Crippen LogP) is 2.23. The van der Waals surface area contributed by atoms with Gasteiger partial charge in [-0.3, -0.25) is 28.9 Å². The van der Waals surface area contributed by atoms with Crippen LogP contribution in [0.15, 0.2) is 18.2 Å². The molecule has 9 nitrogen and oxygen atoms in total. The zero-order chi connectivity index (χ0) is 24.7. The number of benzene rings is 1. The number of carbonyl (C=O) groups excluding carboxylic acids is 4. The summed E-state index contributed by atoms with van der Waals surface area (Å²) in [6.45, 7) is 2.66. The van der Waals surface area contributed by atoms with E-state index in [-0.39, 0.29) is 44.4 Å². The molecule has 0 bridgehead atoms. The van der Waals surface area contributed by atoms with Gasteiger partial charge in [0.2, 0.25) is 17.7 Å². The van der Waals surface area contributed by atoms with E-state index in [1.54, 1.807) is 25.1 Å². The van der Waals surface area contributed by atoms with Gasteiger partial charge in [0.05, 0.1) is 13.7 Å². The number of carboxylic acid groups (broad SMARTS) is 1. The van der Waals surface area contributed by atoms with Crippen molar-refractivity contribution in [1.82, 2.24) is 10.2 Å². The zero-order valence-electron chi connectivity index (χ0n) is 18.9. The summed E-state index contributed by atoms with van der Waals surface area (Å²) in [6, 6.07) is 3.93. The van der Waals surface area contributed by atoms with Crippen LogP contribution in [0.5, 0.6) is 5.75 Å². The molecule has 1 aromatic rings. The lowest BCUT2D eigenvalue weighted by Crippen LogP contribution is -2.45. The number of ether oxygens (including phenoxy) is 1. The van der Waals surface area contributed by atoms with Crippen LogP contribution in [0.25, 0.3) is 0 Å². The average Bonchev–Trinajstić information content (AvgIpc) is 2.90. The van der Waals surface area contributed by atoms with Gasteiger partial charge in [-0.05, 0) is 49.9 Å². The standard InChI is InChI=1S/C23H29ClN2O7/c1-4-14(21(29)25-13(2)23(31)32)11-20(28)26-12-18(27)7-5-15(22(26)30)9-16-10-17(24)6-8-19(16)33-3/h6,8,10,13-15H,4-5,7,9,11-12H2,1-3H3,(H,25,29)(H,31,32)/t13-,14+,15?/m1/s1. The lowest BCUT2D eigenvalue weighted by Gasteiger charge is -2.25. The number of nitrogens with zero attached hydrogens (tertiary/aromatic N) is 1. The van der Waals surface area contributed by atoms with Gasteiger partial charge in [-0.1, -0.05) is 18.5 Å². The number of hydrogen-bond acceptors (Lipinski definition) is 6. The third-order valence-corrected chi connectivity index (χ3v) is 5.98. The molecule has 2 rings (SSSR count). The summed E-state index contributed by atoms with van der Waals surface area (Å²) < 4.78 is 5.34. The van der Waals surface area contributed by atoms with Gasteiger partial charge < -0.3 is 15.2 Å². The van der Waals surface area contributed by atoms with Crippen molar-refractivity contribution in [2.45, 2.75) is 52.0 Å². The third-order valence-electron chi connectivity index (χ3n) is 5.74. The Labute approximate surface area is 197 Å². The summed E-state index contributed by atoms with van der Waals surface area (Å²) in [6.07, 6.45) is 0.638. The normalized spacial score (nSPS) is 18.3. The van der Waals surface area contributed by atoms with Crippen molar-refractivity contribution in [2.24, 2.45) is 11.8 Å². The van der Waals surface area contributed by atoms with Crippen molar-refractivity contribution in [3.05, 3.63) is 28.8 Å². The molecule has 33 heavy (non-hydrogen) atoms. The average molecular weight is 481 g/mol. The van der Waals surface area contributed by atoms with Crippen LogP contribution in [0.1, 0.15) is 45.1 Å². The van der Waals surface area contributed by atoms with E-state index in [4.69, 9.17) is 21.4 Å². The third kappa shape index (κ3) is 7.02. The number of aliphatic carboxylic acids is 1. The van der Waals surface area contributed by atoms with Crippen molar-refractivity contribution in [2.75, 3.05) is 13.7 Å². The first kappa shape index (κ1) is 26.3. The van der Waals surface area contributed by atoms with Crippen molar-refractivity contribution in [3.63, 3.8) is 0 Å². The van der Waals surface area contributed by atoms with Gasteiger partial charge in [0.25, 0.3) is 0 Å². The smallest absolute Gasteiger partial charge is 0.325 e. The van der Waals surface area contributed by atoms with Gasteiger partial charge in [-0.15, -0.1) is 0 Å². The number of amides is 3. The molecule has 0 radical (unpaired) electrons. The predicted molar refractivity (Wildman–Crippen MR) is 120 cm³/mol. The minimum atomic E-state index is -1.20. The van der Waals surface area contributed by atoms with Gasteiger partial charge in [-0.25, -0.2) is 0 Å². The fraction of sp³-hybridized carbons (Fsp3) is 0.522. The number of imide groups is 1. The number of methoxy groups -OCH3 is 1. The number of Topliss-reactive ketones (excluding diaryl/α,β-unsaturated/α-hetero) is 1. The molecule has 1 fully saturated rings. The monoisotopic (exact) mass is 480 g/mol. The summed E-state index contributed by atoms with van der Waals surface area (Å²) in [5.41, 5.74) is 0.693. The summed E-state index contributed by atoms with van der Waals surface area (Å²) in [5.74, 6) is -4.05. The summed E-state index contributed by atoms with van der Waals surface area (Å²) >= 11 is 6.09. The van der Waals surface area contributed by atoms with Gasteiger partial charge >= 0.3 is 5.97 Å². The molecule has 1 saturated heterocycles. The van der Waals surface area contributed by atoms with Crippen molar-refractivity contribution < 1.29 is 33.8 Å². The van der Waals surface area contributed by atoms with Crippen LogP contribution in [-0.2, 0) is 30.4 Å². The van der Waals surface area contributed by atoms with Crippen molar-refractivity contribution >= 4 is 41.1 Å². The van der Waals surface area contributed by atoms with Crippen LogP contribution < -0.4 is 10.1 Å². The molecule has 1 unspecified atom stereocenters. The van der Waals surface area contributed by atoms with Crippen LogP contribution in [0.4, 0.5) is 0 Å². The highest BCUT2D eigenvalue weighted by Gasteiger charge is 2.36. The first-order valence-corrected chi connectivity index (χ1v) is 11.2. The van der Waals surface area contributed by atoms with Crippen LogP contribution >= 0.6 is 11.6 Å². The molecular formula is C23H29ClN2O7. The highest BCUT2D eigenvalue weighted by Crippen LogP contribution is 2.29. The molecule has 10 heteroatoms. The Morgan fingerprint density at radius 1 is 1.30 bits per heavy atom. The largest absolute Gasteiger partial charge is 0.496 e. The molecular weight excluding hydrogens is 452 g/mol. The van der Waals surface area contributed by atoms with Gasteiger partial charge in [0.15, 0.2) is 5.78 Å². The number of hydrogen-bond donors (Lipinski definition) is 2. The molecule has 3 atom stereocenters. The lowest BCUT2D eigenvalue weighted by molar-refractivity contribution is -0.150. The van der Waals surface area contributed by atoms with E-state index >= 15 is 0 Å². The second-order valence-electron chi connectivity index (χ2n) is 8.13.